The zero-order chi connectivity index (χ0) is 13.2. The van der Waals surface area contributed by atoms with E-state index in [2.05, 4.69) is 9.97 Å². The lowest BCUT2D eigenvalue weighted by atomic mass is 10.1. The SMILES string of the molecule is O=c1nc(CCc2ccccc2Cl)[nH]c2c1CCC2. The van der Waals surface area contributed by atoms with Gasteiger partial charge in [-0.05, 0) is 37.3 Å². The van der Waals surface area contributed by atoms with Crippen LogP contribution in [0.2, 0.25) is 5.02 Å². The van der Waals surface area contributed by atoms with Crippen LogP contribution in [-0.2, 0) is 25.7 Å². The molecular weight excluding hydrogens is 260 g/mol. The van der Waals surface area contributed by atoms with Gasteiger partial charge in [-0.3, -0.25) is 4.79 Å². The van der Waals surface area contributed by atoms with Gasteiger partial charge in [-0.15, -0.1) is 0 Å². The molecule has 3 nitrogen and oxygen atoms in total. The zero-order valence-electron chi connectivity index (χ0n) is 10.6. The third kappa shape index (κ3) is 2.56. The standard InChI is InChI=1S/C15H15ClN2O/c16-12-6-2-1-4-10(12)8-9-14-17-13-7-3-5-11(13)15(19)18-14/h1-2,4,6H,3,5,7-9H2,(H,17,18,19). The van der Waals surface area contributed by atoms with E-state index in [-0.39, 0.29) is 5.56 Å². The maximum Gasteiger partial charge on any atom is 0.276 e. The molecule has 4 heteroatoms. The van der Waals surface area contributed by atoms with Gasteiger partial charge in [0.15, 0.2) is 0 Å². The Hall–Kier alpha value is -1.61. The number of aryl methyl sites for hydroxylation is 3. The molecule has 0 spiro atoms. The highest BCUT2D eigenvalue weighted by Crippen LogP contribution is 2.18. The van der Waals surface area contributed by atoms with E-state index in [0.717, 1.165) is 53.4 Å². The molecular formula is C15H15ClN2O. The molecule has 0 atom stereocenters. The van der Waals surface area contributed by atoms with Crippen molar-refractivity contribution in [3.63, 3.8) is 0 Å². The fraction of sp³-hybridized carbons (Fsp3) is 0.333. The lowest BCUT2D eigenvalue weighted by molar-refractivity contribution is 0.823. The van der Waals surface area contributed by atoms with Crippen molar-refractivity contribution >= 4 is 11.6 Å². The second kappa shape index (κ2) is 5.17. The highest BCUT2D eigenvalue weighted by molar-refractivity contribution is 6.31. The Balaban J connectivity index is 1.80. The molecule has 0 saturated carbocycles. The molecule has 1 N–H and O–H groups in total. The van der Waals surface area contributed by atoms with Gasteiger partial charge in [-0.25, -0.2) is 0 Å². The summed E-state index contributed by atoms with van der Waals surface area (Å²) in [5.41, 5.74) is 2.99. The highest BCUT2D eigenvalue weighted by atomic mass is 35.5. The van der Waals surface area contributed by atoms with Gasteiger partial charge in [0.25, 0.3) is 5.56 Å². The monoisotopic (exact) mass is 274 g/mol. The number of rotatable bonds is 3. The fourth-order valence-corrected chi connectivity index (χ4v) is 2.81. The van der Waals surface area contributed by atoms with Crippen molar-refractivity contribution < 1.29 is 0 Å². The van der Waals surface area contributed by atoms with Crippen LogP contribution in [0.25, 0.3) is 0 Å². The number of H-pyrrole nitrogens is 1. The molecule has 3 rings (SSSR count). The van der Waals surface area contributed by atoms with Crippen molar-refractivity contribution in [3.05, 3.63) is 62.3 Å². The number of benzene rings is 1. The number of fused-ring (bicyclic) bond motifs is 1. The molecule has 0 bridgehead atoms. The lowest BCUT2D eigenvalue weighted by Crippen LogP contribution is -2.17. The van der Waals surface area contributed by atoms with Gasteiger partial charge < -0.3 is 4.98 Å². The quantitative estimate of drug-likeness (QED) is 0.935. The fourth-order valence-electron chi connectivity index (χ4n) is 2.58. The average Bonchev–Trinajstić information content (AvgIpc) is 2.87. The number of hydrogen-bond acceptors (Lipinski definition) is 2. The predicted octanol–water partition coefficient (Wildman–Crippen LogP) is 2.70. The second-order valence-electron chi connectivity index (χ2n) is 4.89. The molecule has 98 valence electrons. The van der Waals surface area contributed by atoms with Crippen molar-refractivity contribution in [2.24, 2.45) is 0 Å². The molecule has 0 saturated heterocycles. The van der Waals surface area contributed by atoms with E-state index in [1.807, 2.05) is 24.3 Å². The van der Waals surface area contributed by atoms with Gasteiger partial charge in [-0.1, -0.05) is 29.8 Å². The van der Waals surface area contributed by atoms with Gasteiger partial charge in [-0.2, -0.15) is 4.98 Å². The number of nitrogens with zero attached hydrogens (tertiary/aromatic N) is 1. The first kappa shape index (κ1) is 12.4. The van der Waals surface area contributed by atoms with Crippen LogP contribution in [0.3, 0.4) is 0 Å². The van der Waals surface area contributed by atoms with E-state index < -0.39 is 0 Å². The first-order valence-electron chi connectivity index (χ1n) is 6.58. The lowest BCUT2D eigenvalue weighted by Gasteiger charge is -2.06. The molecule has 0 amide bonds. The summed E-state index contributed by atoms with van der Waals surface area (Å²) in [6.07, 6.45) is 4.39. The minimum absolute atomic E-state index is 0.0552. The highest BCUT2D eigenvalue weighted by Gasteiger charge is 2.16. The van der Waals surface area contributed by atoms with E-state index in [9.17, 15) is 4.79 Å². The molecule has 1 aromatic heterocycles. The summed E-state index contributed by atoms with van der Waals surface area (Å²) in [7, 11) is 0. The third-order valence-corrected chi connectivity index (χ3v) is 3.97. The molecule has 1 aliphatic carbocycles. The predicted molar refractivity (Wildman–Crippen MR) is 75.7 cm³/mol. The number of halogens is 1. The smallest absolute Gasteiger partial charge is 0.276 e. The summed E-state index contributed by atoms with van der Waals surface area (Å²) >= 11 is 6.12. The molecule has 0 radical (unpaired) electrons. The summed E-state index contributed by atoms with van der Waals surface area (Å²) in [4.78, 5) is 19.3. The van der Waals surface area contributed by atoms with E-state index in [4.69, 9.17) is 11.6 Å². The van der Waals surface area contributed by atoms with E-state index in [1.165, 1.54) is 0 Å². The summed E-state index contributed by atoms with van der Waals surface area (Å²) in [5, 5.41) is 0.769. The van der Waals surface area contributed by atoms with Crippen molar-refractivity contribution in [1.82, 2.24) is 9.97 Å². The van der Waals surface area contributed by atoms with E-state index in [1.54, 1.807) is 0 Å². The molecule has 1 aliphatic rings. The second-order valence-corrected chi connectivity index (χ2v) is 5.30. The Morgan fingerprint density at radius 3 is 2.89 bits per heavy atom. The normalized spacial score (nSPS) is 13.5. The van der Waals surface area contributed by atoms with E-state index >= 15 is 0 Å². The Morgan fingerprint density at radius 1 is 1.21 bits per heavy atom. The number of nitrogens with one attached hydrogen (secondary N) is 1. The largest absolute Gasteiger partial charge is 0.347 e. The minimum Gasteiger partial charge on any atom is -0.347 e. The third-order valence-electron chi connectivity index (χ3n) is 3.60. The molecule has 2 aromatic rings. The molecule has 1 heterocycles. The first-order valence-corrected chi connectivity index (χ1v) is 6.96. The van der Waals surface area contributed by atoms with Crippen molar-refractivity contribution in [2.75, 3.05) is 0 Å². The summed E-state index contributed by atoms with van der Waals surface area (Å²) in [6.45, 7) is 0. The van der Waals surface area contributed by atoms with Gasteiger partial charge in [0.05, 0.1) is 0 Å². The maximum absolute atomic E-state index is 11.9. The van der Waals surface area contributed by atoms with Gasteiger partial charge in [0.1, 0.15) is 5.82 Å². The Labute approximate surface area is 116 Å². The van der Waals surface area contributed by atoms with Crippen molar-refractivity contribution in [1.29, 1.82) is 0 Å². The summed E-state index contributed by atoms with van der Waals surface area (Å²) < 4.78 is 0. The zero-order valence-corrected chi connectivity index (χ0v) is 11.3. The molecule has 0 aliphatic heterocycles. The molecule has 0 fully saturated rings. The van der Waals surface area contributed by atoms with Crippen molar-refractivity contribution in [3.8, 4) is 0 Å². The minimum atomic E-state index is -0.0552. The first-order chi connectivity index (χ1) is 9.24. The Bertz CT molecular complexity index is 663. The van der Waals surface area contributed by atoms with Crippen LogP contribution in [0.1, 0.15) is 29.1 Å². The number of aromatic nitrogens is 2. The van der Waals surface area contributed by atoms with Crippen LogP contribution >= 0.6 is 11.6 Å². The van der Waals surface area contributed by atoms with Crippen LogP contribution in [0, 0.1) is 0 Å². The Kier molecular flexibility index (Phi) is 3.38. The van der Waals surface area contributed by atoms with Crippen molar-refractivity contribution in [2.45, 2.75) is 32.1 Å². The van der Waals surface area contributed by atoms with Crippen LogP contribution in [0.5, 0.6) is 0 Å². The Morgan fingerprint density at radius 2 is 2.05 bits per heavy atom. The number of hydrogen-bond donors (Lipinski definition) is 1. The molecule has 1 aromatic carbocycles. The van der Waals surface area contributed by atoms with Crippen LogP contribution < -0.4 is 5.56 Å². The average molecular weight is 275 g/mol. The van der Waals surface area contributed by atoms with E-state index in [0.29, 0.717) is 6.42 Å². The number of aromatic amines is 1. The van der Waals surface area contributed by atoms with Gasteiger partial charge in [0.2, 0.25) is 0 Å². The van der Waals surface area contributed by atoms with Crippen LogP contribution in [0.4, 0.5) is 0 Å². The molecule has 19 heavy (non-hydrogen) atoms. The van der Waals surface area contributed by atoms with Crippen LogP contribution in [-0.4, -0.2) is 9.97 Å². The summed E-state index contributed by atoms with van der Waals surface area (Å²) in [6, 6.07) is 7.78. The summed E-state index contributed by atoms with van der Waals surface area (Å²) in [5.74, 6) is 0.769. The van der Waals surface area contributed by atoms with Crippen LogP contribution in [0.15, 0.2) is 29.1 Å². The maximum atomic E-state index is 11.9. The molecule has 0 unspecified atom stereocenters. The van der Waals surface area contributed by atoms with Gasteiger partial charge in [0, 0.05) is 22.7 Å². The van der Waals surface area contributed by atoms with Gasteiger partial charge >= 0.3 is 0 Å². The topological polar surface area (TPSA) is 45.8 Å².